The van der Waals surface area contributed by atoms with Gasteiger partial charge in [0.15, 0.2) is 17.2 Å². The molecule has 3 rings (SSSR count). The van der Waals surface area contributed by atoms with Gasteiger partial charge < -0.3 is 19.7 Å². The molecule has 126 valence electrons. The zero-order valence-corrected chi connectivity index (χ0v) is 12.7. The molecule has 2 N–H and O–H groups in total. The van der Waals surface area contributed by atoms with Crippen molar-refractivity contribution in [1.29, 1.82) is 0 Å². The van der Waals surface area contributed by atoms with E-state index in [0.717, 1.165) is 0 Å². The van der Waals surface area contributed by atoms with Crippen LogP contribution in [0.1, 0.15) is 0 Å². The van der Waals surface area contributed by atoms with E-state index in [1.54, 1.807) is 13.2 Å². The molecule has 0 unspecified atom stereocenters. The van der Waals surface area contributed by atoms with Crippen molar-refractivity contribution in [3.63, 3.8) is 0 Å². The van der Waals surface area contributed by atoms with Crippen LogP contribution in [-0.2, 0) is 7.05 Å². The minimum atomic E-state index is -2.95. The van der Waals surface area contributed by atoms with E-state index in [4.69, 9.17) is 15.0 Å². The van der Waals surface area contributed by atoms with E-state index < -0.39 is 6.61 Å². The molecule has 2 heterocycles. The van der Waals surface area contributed by atoms with Gasteiger partial charge in [0.2, 0.25) is 5.82 Å². The number of aryl methyl sites for hydroxylation is 1. The Bertz CT molecular complexity index is 862. The molecule has 24 heavy (non-hydrogen) atoms. The Morgan fingerprint density at radius 2 is 2.08 bits per heavy atom. The average Bonchev–Trinajstić information content (AvgIpc) is 3.13. The minimum absolute atomic E-state index is 0.0889. The van der Waals surface area contributed by atoms with Crippen molar-refractivity contribution < 1.29 is 22.8 Å². The molecule has 0 spiro atoms. The number of nitrogens with two attached hydrogens (primary N) is 1. The van der Waals surface area contributed by atoms with E-state index in [0.29, 0.717) is 16.9 Å². The molecule has 0 saturated heterocycles. The molecule has 0 saturated carbocycles. The van der Waals surface area contributed by atoms with Crippen LogP contribution in [0.5, 0.6) is 11.5 Å². The number of ether oxygens (including phenoxy) is 2. The lowest BCUT2D eigenvalue weighted by Crippen LogP contribution is -2.03. The largest absolute Gasteiger partial charge is 0.493 e. The Balaban J connectivity index is 1.94. The van der Waals surface area contributed by atoms with Gasteiger partial charge in [-0.1, -0.05) is 5.16 Å². The first kappa shape index (κ1) is 15.7. The average molecular weight is 337 g/mol. The highest BCUT2D eigenvalue weighted by molar-refractivity contribution is 5.67. The van der Waals surface area contributed by atoms with Crippen molar-refractivity contribution in [1.82, 2.24) is 19.9 Å². The first-order chi connectivity index (χ1) is 11.5. The smallest absolute Gasteiger partial charge is 0.387 e. The molecule has 0 atom stereocenters. The molecule has 3 aromatic rings. The summed E-state index contributed by atoms with van der Waals surface area (Å²) in [6.07, 6.45) is 1.61. The number of aromatic nitrogens is 4. The second kappa shape index (κ2) is 6.14. The molecular weight excluding hydrogens is 324 g/mol. The Labute approximate surface area is 134 Å². The van der Waals surface area contributed by atoms with E-state index >= 15 is 0 Å². The number of benzene rings is 1. The quantitative estimate of drug-likeness (QED) is 0.762. The van der Waals surface area contributed by atoms with E-state index in [-0.39, 0.29) is 23.2 Å². The van der Waals surface area contributed by atoms with Gasteiger partial charge in [0.05, 0.1) is 12.8 Å². The summed E-state index contributed by atoms with van der Waals surface area (Å²) in [7, 11) is 3.05. The maximum atomic E-state index is 12.4. The summed E-state index contributed by atoms with van der Waals surface area (Å²) in [5, 5.41) is 7.98. The number of rotatable bonds is 5. The van der Waals surface area contributed by atoms with Gasteiger partial charge in [-0.2, -0.15) is 18.9 Å². The topological polar surface area (TPSA) is 101 Å². The summed E-state index contributed by atoms with van der Waals surface area (Å²) in [6, 6.07) is 4.32. The van der Waals surface area contributed by atoms with Crippen LogP contribution in [0.4, 0.5) is 14.5 Å². The normalized spacial score (nSPS) is 11.0. The molecule has 0 aliphatic heterocycles. The van der Waals surface area contributed by atoms with Gasteiger partial charge in [0.1, 0.15) is 0 Å². The van der Waals surface area contributed by atoms with Crippen LogP contribution in [0.3, 0.4) is 0 Å². The van der Waals surface area contributed by atoms with Gasteiger partial charge in [-0.15, -0.1) is 0 Å². The number of methoxy groups -OCH3 is 1. The predicted octanol–water partition coefficient (Wildman–Crippen LogP) is 2.33. The number of hydrogen-bond donors (Lipinski definition) is 1. The summed E-state index contributed by atoms with van der Waals surface area (Å²) >= 11 is 0. The third-order valence-corrected chi connectivity index (χ3v) is 3.12. The molecule has 2 aromatic heterocycles. The molecule has 0 aliphatic rings. The number of anilines is 1. The highest BCUT2D eigenvalue weighted by atomic mass is 19.3. The zero-order valence-electron chi connectivity index (χ0n) is 12.7. The number of halogens is 2. The molecule has 0 bridgehead atoms. The van der Waals surface area contributed by atoms with Crippen molar-refractivity contribution >= 4 is 5.69 Å². The number of nitrogens with zero attached hydrogens (tertiary/aromatic N) is 4. The van der Waals surface area contributed by atoms with Crippen LogP contribution in [0, 0.1) is 0 Å². The van der Waals surface area contributed by atoms with E-state index in [9.17, 15) is 8.78 Å². The first-order valence-corrected chi connectivity index (χ1v) is 6.74. The Morgan fingerprint density at radius 1 is 1.29 bits per heavy atom. The molecule has 0 radical (unpaired) electrons. The van der Waals surface area contributed by atoms with Crippen LogP contribution in [0.25, 0.3) is 23.0 Å². The fourth-order valence-electron chi connectivity index (χ4n) is 2.11. The van der Waals surface area contributed by atoms with Crippen LogP contribution in [0.15, 0.2) is 28.9 Å². The monoisotopic (exact) mass is 337 g/mol. The molecule has 1 aromatic carbocycles. The summed E-state index contributed by atoms with van der Waals surface area (Å²) in [5.74, 6) is 0.414. The number of nitrogen functional groups attached to an aromatic ring is 1. The van der Waals surface area contributed by atoms with Crippen LogP contribution in [-0.4, -0.2) is 33.6 Å². The van der Waals surface area contributed by atoms with Gasteiger partial charge in [-0.25, -0.2) is 0 Å². The molecule has 0 aliphatic carbocycles. The van der Waals surface area contributed by atoms with E-state index in [1.807, 2.05) is 0 Å². The van der Waals surface area contributed by atoms with Crippen LogP contribution < -0.4 is 15.2 Å². The second-order valence-corrected chi connectivity index (χ2v) is 4.77. The van der Waals surface area contributed by atoms with E-state index in [1.165, 1.54) is 30.0 Å². The maximum absolute atomic E-state index is 12.4. The van der Waals surface area contributed by atoms with Gasteiger partial charge in [0, 0.05) is 18.8 Å². The lowest BCUT2D eigenvalue weighted by atomic mass is 10.2. The Morgan fingerprint density at radius 3 is 2.71 bits per heavy atom. The Hall–Kier alpha value is -3.17. The number of alkyl halides is 2. The van der Waals surface area contributed by atoms with Crippen molar-refractivity contribution in [3.05, 3.63) is 24.4 Å². The minimum Gasteiger partial charge on any atom is -0.493 e. The summed E-state index contributed by atoms with van der Waals surface area (Å²) in [4.78, 5) is 4.21. The lowest BCUT2D eigenvalue weighted by Gasteiger charge is -2.10. The summed E-state index contributed by atoms with van der Waals surface area (Å²) in [6.45, 7) is -2.95. The standard InChI is InChI=1S/C14H13F2N5O3/c1-21-6-8(17)11(19-21)13-18-12(20-24-13)7-3-4-9(23-14(15)16)10(5-7)22-2/h3-6,14H,17H2,1-2H3. The summed E-state index contributed by atoms with van der Waals surface area (Å²) < 4.78 is 40.8. The molecule has 8 nitrogen and oxygen atoms in total. The fourth-order valence-corrected chi connectivity index (χ4v) is 2.11. The molecule has 0 amide bonds. The Kier molecular flexibility index (Phi) is 4.02. The SMILES string of the molecule is COc1cc(-c2noc(-c3nn(C)cc3N)n2)ccc1OC(F)F. The molecule has 10 heteroatoms. The number of hydrogen-bond acceptors (Lipinski definition) is 7. The van der Waals surface area contributed by atoms with Crippen molar-refractivity contribution in [2.24, 2.45) is 7.05 Å². The zero-order chi connectivity index (χ0) is 17.3. The van der Waals surface area contributed by atoms with Crippen LogP contribution in [0.2, 0.25) is 0 Å². The van der Waals surface area contributed by atoms with Gasteiger partial charge in [-0.3, -0.25) is 4.68 Å². The van der Waals surface area contributed by atoms with Crippen molar-refractivity contribution in [3.8, 4) is 34.5 Å². The molecular formula is C14H13F2N5O3. The van der Waals surface area contributed by atoms with E-state index in [2.05, 4.69) is 20.0 Å². The van der Waals surface area contributed by atoms with Gasteiger partial charge in [-0.05, 0) is 18.2 Å². The lowest BCUT2D eigenvalue weighted by molar-refractivity contribution is -0.0512. The third kappa shape index (κ3) is 2.98. The van der Waals surface area contributed by atoms with Gasteiger partial charge in [0.25, 0.3) is 5.89 Å². The second-order valence-electron chi connectivity index (χ2n) is 4.77. The predicted molar refractivity (Wildman–Crippen MR) is 79.5 cm³/mol. The maximum Gasteiger partial charge on any atom is 0.387 e. The fraction of sp³-hybridized carbons (Fsp3) is 0.214. The third-order valence-electron chi connectivity index (χ3n) is 3.12. The van der Waals surface area contributed by atoms with Crippen molar-refractivity contribution in [2.45, 2.75) is 6.61 Å². The van der Waals surface area contributed by atoms with Gasteiger partial charge >= 0.3 is 6.61 Å². The van der Waals surface area contributed by atoms with Crippen LogP contribution >= 0.6 is 0 Å². The highest BCUT2D eigenvalue weighted by Gasteiger charge is 2.18. The molecule has 0 fully saturated rings. The van der Waals surface area contributed by atoms with Crippen molar-refractivity contribution in [2.75, 3.05) is 12.8 Å². The highest BCUT2D eigenvalue weighted by Crippen LogP contribution is 2.33. The first-order valence-electron chi connectivity index (χ1n) is 6.74. The summed E-state index contributed by atoms with van der Waals surface area (Å²) in [5.41, 5.74) is 7.07.